The molecule has 0 fully saturated rings. The number of ether oxygens (including phenoxy) is 1. The summed E-state index contributed by atoms with van der Waals surface area (Å²) in [5, 5.41) is 2.52. The highest BCUT2D eigenvalue weighted by atomic mass is 19.4. The molecule has 0 radical (unpaired) electrons. The minimum atomic E-state index is -4.61. The fourth-order valence-electron chi connectivity index (χ4n) is 3.16. The van der Waals surface area contributed by atoms with Crippen LogP contribution in [0.1, 0.15) is 25.1 Å². The molecule has 0 atom stereocenters. The van der Waals surface area contributed by atoms with Crippen molar-refractivity contribution in [3.63, 3.8) is 0 Å². The predicted molar refractivity (Wildman–Crippen MR) is 118 cm³/mol. The van der Waals surface area contributed by atoms with E-state index in [1.165, 1.54) is 29.0 Å². The van der Waals surface area contributed by atoms with Crippen LogP contribution in [0, 0.1) is 5.82 Å². The normalized spacial score (nSPS) is 11.8. The molecule has 0 unspecified atom stereocenters. The van der Waals surface area contributed by atoms with Crippen LogP contribution in [-0.4, -0.2) is 39.1 Å². The zero-order valence-electron chi connectivity index (χ0n) is 18.2. The van der Waals surface area contributed by atoms with Crippen LogP contribution in [0.3, 0.4) is 0 Å². The van der Waals surface area contributed by atoms with E-state index in [1.54, 1.807) is 6.08 Å². The van der Waals surface area contributed by atoms with Gasteiger partial charge in [-0.15, -0.1) is 0 Å². The van der Waals surface area contributed by atoms with Gasteiger partial charge in [0.2, 0.25) is 11.8 Å². The Labute approximate surface area is 195 Å². The standard InChI is InChI=1S/C22H21F4N5O4/c23-13-9-15-20(16(10-13)35-12-22(24,25)26)30-18(28-15)11-31-8-4-5-14(21(31)34)29-19(33)7-3-1-2-6-17(27)32/h2,4-6,8-10H,1,3,7,11-12H2,(H2,27,32)(H,28,30)(H,29,33)/b6-2+. The SMILES string of the molecule is NC(=O)/C=C/CCCC(=O)Nc1cccn(Cc2nc3c(OCC(F)(F)F)cc(F)cc3[nH]2)c1=O. The lowest BCUT2D eigenvalue weighted by Crippen LogP contribution is -2.26. The molecule has 3 aromatic rings. The first kappa shape index (κ1) is 25.5. The number of carbonyl (C=O) groups excluding carboxylic acids is 2. The second-order valence-corrected chi connectivity index (χ2v) is 7.49. The van der Waals surface area contributed by atoms with Crippen LogP contribution in [0.25, 0.3) is 11.0 Å². The number of rotatable bonds is 10. The molecular weight excluding hydrogens is 474 g/mol. The number of hydrogen-bond donors (Lipinski definition) is 3. The van der Waals surface area contributed by atoms with Crippen molar-refractivity contribution in [1.82, 2.24) is 14.5 Å². The lowest BCUT2D eigenvalue weighted by Gasteiger charge is -2.09. The van der Waals surface area contributed by atoms with Gasteiger partial charge in [0.1, 0.15) is 22.8 Å². The smallest absolute Gasteiger partial charge is 0.422 e. The number of imidazole rings is 1. The van der Waals surface area contributed by atoms with Gasteiger partial charge in [0, 0.05) is 18.7 Å². The topological polar surface area (TPSA) is 132 Å². The van der Waals surface area contributed by atoms with Crippen molar-refractivity contribution < 1.29 is 31.9 Å². The average Bonchev–Trinajstić information content (AvgIpc) is 3.16. The number of pyridine rings is 1. The molecular formula is C22H21F4N5O4. The molecule has 0 aliphatic carbocycles. The Balaban J connectivity index is 1.72. The van der Waals surface area contributed by atoms with Gasteiger partial charge in [0.15, 0.2) is 12.4 Å². The number of hydrogen-bond acceptors (Lipinski definition) is 5. The highest BCUT2D eigenvalue weighted by Crippen LogP contribution is 2.27. The number of H-pyrrole nitrogens is 1. The highest BCUT2D eigenvalue weighted by molar-refractivity contribution is 5.90. The summed E-state index contributed by atoms with van der Waals surface area (Å²) in [7, 11) is 0. The van der Waals surface area contributed by atoms with Crippen LogP contribution in [-0.2, 0) is 16.1 Å². The Morgan fingerprint density at radius 3 is 2.77 bits per heavy atom. The number of unbranched alkanes of at least 4 members (excludes halogenated alkanes) is 1. The number of halogens is 4. The minimum Gasteiger partial charge on any atom is -0.482 e. The van der Waals surface area contributed by atoms with Crippen molar-refractivity contribution in [2.45, 2.75) is 32.0 Å². The molecule has 2 amide bonds. The van der Waals surface area contributed by atoms with Crippen LogP contribution < -0.4 is 21.3 Å². The van der Waals surface area contributed by atoms with Gasteiger partial charge >= 0.3 is 6.18 Å². The highest BCUT2D eigenvalue weighted by Gasteiger charge is 2.29. The summed E-state index contributed by atoms with van der Waals surface area (Å²) < 4.78 is 57.2. The van der Waals surface area contributed by atoms with E-state index in [1.807, 2.05) is 0 Å². The third kappa shape index (κ3) is 7.42. The van der Waals surface area contributed by atoms with Crippen molar-refractivity contribution >= 4 is 28.5 Å². The van der Waals surface area contributed by atoms with E-state index in [2.05, 4.69) is 20.0 Å². The molecule has 0 aliphatic heterocycles. The number of benzene rings is 1. The number of nitrogens with zero attached hydrogens (tertiary/aromatic N) is 2. The molecule has 0 spiro atoms. The molecule has 4 N–H and O–H groups in total. The first-order valence-corrected chi connectivity index (χ1v) is 10.3. The van der Waals surface area contributed by atoms with Gasteiger partial charge in [-0.1, -0.05) is 6.08 Å². The van der Waals surface area contributed by atoms with Crippen LogP contribution in [0.5, 0.6) is 5.75 Å². The number of aromatic nitrogens is 3. The van der Waals surface area contributed by atoms with E-state index in [0.29, 0.717) is 12.8 Å². The van der Waals surface area contributed by atoms with Gasteiger partial charge in [0.05, 0.1) is 12.1 Å². The number of nitrogens with two attached hydrogens (primary N) is 1. The molecule has 0 saturated carbocycles. The van der Waals surface area contributed by atoms with Crippen LogP contribution >= 0.6 is 0 Å². The van der Waals surface area contributed by atoms with Crippen LogP contribution in [0.2, 0.25) is 0 Å². The lowest BCUT2D eigenvalue weighted by atomic mass is 10.2. The zero-order chi connectivity index (χ0) is 25.6. The Bertz CT molecular complexity index is 1310. The number of nitrogens with one attached hydrogen (secondary N) is 2. The van der Waals surface area contributed by atoms with Gasteiger partial charge in [-0.2, -0.15) is 13.2 Å². The third-order valence-electron chi connectivity index (χ3n) is 4.63. The molecule has 13 heteroatoms. The van der Waals surface area contributed by atoms with Gasteiger partial charge in [-0.3, -0.25) is 14.4 Å². The van der Waals surface area contributed by atoms with Gasteiger partial charge in [-0.25, -0.2) is 9.37 Å². The Hall–Kier alpha value is -4.16. The van der Waals surface area contributed by atoms with Gasteiger partial charge < -0.3 is 25.3 Å². The quantitative estimate of drug-likeness (QED) is 0.226. The van der Waals surface area contributed by atoms with E-state index in [0.717, 1.165) is 12.1 Å². The fraction of sp³-hybridized carbons (Fsp3) is 0.273. The monoisotopic (exact) mass is 495 g/mol. The Morgan fingerprint density at radius 1 is 1.29 bits per heavy atom. The summed E-state index contributed by atoms with van der Waals surface area (Å²) in [5.74, 6) is -2.04. The number of primary amides is 1. The van der Waals surface area contributed by atoms with E-state index in [4.69, 9.17) is 5.73 Å². The average molecular weight is 495 g/mol. The van der Waals surface area contributed by atoms with Gasteiger partial charge in [-0.05, 0) is 37.1 Å². The molecule has 2 aromatic heterocycles. The summed E-state index contributed by atoms with van der Waals surface area (Å²) in [6.45, 7) is -1.74. The zero-order valence-corrected chi connectivity index (χ0v) is 18.2. The molecule has 0 bridgehead atoms. The Morgan fingerprint density at radius 2 is 2.06 bits per heavy atom. The second kappa shape index (κ2) is 10.8. The summed E-state index contributed by atoms with van der Waals surface area (Å²) >= 11 is 0. The molecule has 35 heavy (non-hydrogen) atoms. The molecule has 9 nitrogen and oxygen atoms in total. The third-order valence-corrected chi connectivity index (χ3v) is 4.63. The minimum absolute atomic E-state index is 0.0153. The van der Waals surface area contributed by atoms with E-state index < -0.39 is 36.0 Å². The maximum absolute atomic E-state index is 13.8. The van der Waals surface area contributed by atoms with E-state index in [9.17, 15) is 31.9 Å². The van der Waals surface area contributed by atoms with Crippen molar-refractivity contribution in [3.8, 4) is 5.75 Å². The maximum atomic E-state index is 13.8. The molecule has 2 heterocycles. The first-order chi connectivity index (χ1) is 16.5. The number of fused-ring (bicyclic) bond motifs is 1. The number of alkyl halides is 3. The summed E-state index contributed by atoms with van der Waals surface area (Å²) in [4.78, 5) is 42.4. The van der Waals surface area contributed by atoms with Gasteiger partial charge in [0.25, 0.3) is 5.56 Å². The van der Waals surface area contributed by atoms with Crippen molar-refractivity contribution in [2.75, 3.05) is 11.9 Å². The van der Waals surface area contributed by atoms with Crippen molar-refractivity contribution in [2.24, 2.45) is 5.73 Å². The predicted octanol–water partition coefficient (Wildman–Crippen LogP) is 3.00. The first-order valence-electron chi connectivity index (χ1n) is 10.3. The fourth-order valence-corrected chi connectivity index (χ4v) is 3.16. The Kier molecular flexibility index (Phi) is 7.89. The molecule has 3 rings (SSSR count). The largest absolute Gasteiger partial charge is 0.482 e. The van der Waals surface area contributed by atoms with Crippen molar-refractivity contribution in [1.29, 1.82) is 0 Å². The van der Waals surface area contributed by atoms with Crippen LogP contribution in [0.15, 0.2) is 47.4 Å². The summed E-state index contributed by atoms with van der Waals surface area (Å²) in [6.07, 6.45) is 0.558. The molecule has 1 aromatic carbocycles. The molecule has 0 saturated heterocycles. The van der Waals surface area contributed by atoms with E-state index in [-0.39, 0.29) is 41.3 Å². The number of anilines is 1. The number of amides is 2. The maximum Gasteiger partial charge on any atom is 0.422 e. The summed E-state index contributed by atoms with van der Waals surface area (Å²) in [5.41, 5.74) is 4.52. The second-order valence-electron chi connectivity index (χ2n) is 7.49. The number of allylic oxidation sites excluding steroid dienone is 1. The number of aromatic amines is 1. The molecule has 186 valence electrons. The molecule has 0 aliphatic rings. The lowest BCUT2D eigenvalue weighted by molar-refractivity contribution is -0.153. The van der Waals surface area contributed by atoms with E-state index >= 15 is 0 Å². The summed E-state index contributed by atoms with van der Waals surface area (Å²) in [6, 6.07) is 4.78. The van der Waals surface area contributed by atoms with Crippen LogP contribution in [0.4, 0.5) is 23.2 Å². The van der Waals surface area contributed by atoms with Crippen molar-refractivity contribution in [3.05, 3.63) is 64.6 Å². The number of carbonyl (C=O) groups is 2.